The molecule has 0 fully saturated rings. The predicted molar refractivity (Wildman–Crippen MR) is 56.4 cm³/mol. The summed E-state index contributed by atoms with van der Waals surface area (Å²) in [5.41, 5.74) is 0. The van der Waals surface area contributed by atoms with E-state index in [0.29, 0.717) is 0 Å². The lowest BCUT2D eigenvalue weighted by Crippen LogP contribution is -2.26. The van der Waals surface area contributed by atoms with Crippen LogP contribution in [0.4, 0.5) is 0 Å². The van der Waals surface area contributed by atoms with Gasteiger partial charge in [-0.2, -0.15) is 0 Å². The van der Waals surface area contributed by atoms with Crippen molar-refractivity contribution >= 4 is 10.2 Å². The SMILES string of the molecule is CCCN(CCC)CCC[SiH3]. The fourth-order valence-corrected chi connectivity index (χ4v) is 1.67. The van der Waals surface area contributed by atoms with E-state index in [2.05, 4.69) is 18.7 Å². The molecule has 0 spiro atoms. The first kappa shape index (κ1) is 11.2. The van der Waals surface area contributed by atoms with Crippen molar-refractivity contribution in [1.82, 2.24) is 4.90 Å². The zero-order chi connectivity index (χ0) is 8.53. The fraction of sp³-hybridized carbons (Fsp3) is 1.00. The van der Waals surface area contributed by atoms with Gasteiger partial charge in [0.15, 0.2) is 0 Å². The molecule has 0 aliphatic carbocycles. The predicted octanol–water partition coefficient (Wildman–Crippen LogP) is 1.28. The summed E-state index contributed by atoms with van der Waals surface area (Å²) in [6.07, 6.45) is 4.04. The molecule has 0 heterocycles. The molecule has 2 heteroatoms. The third-order valence-corrected chi connectivity index (χ3v) is 2.61. The highest BCUT2D eigenvalue weighted by Gasteiger charge is 1.99. The van der Waals surface area contributed by atoms with Gasteiger partial charge in [-0.25, -0.2) is 0 Å². The first-order valence-electron chi connectivity index (χ1n) is 5.07. The van der Waals surface area contributed by atoms with Crippen LogP contribution in [0, 0.1) is 0 Å². The van der Waals surface area contributed by atoms with Gasteiger partial charge in [-0.05, 0) is 38.9 Å². The lowest BCUT2D eigenvalue weighted by atomic mass is 10.3. The molecular weight excluding hydrogens is 150 g/mol. The van der Waals surface area contributed by atoms with Crippen LogP contribution in [-0.4, -0.2) is 34.8 Å². The Bertz CT molecular complexity index is 70.0. The Hall–Kier alpha value is 0.177. The highest BCUT2D eigenvalue weighted by Crippen LogP contribution is 1.97. The second-order valence-electron chi connectivity index (χ2n) is 3.20. The van der Waals surface area contributed by atoms with E-state index in [4.69, 9.17) is 0 Å². The molecule has 68 valence electrons. The normalized spacial score (nSPS) is 11.2. The molecule has 0 aromatic heterocycles. The smallest absolute Gasteiger partial charge is 0.00286 e. The molecule has 11 heavy (non-hydrogen) atoms. The molecule has 0 radical (unpaired) electrons. The van der Waals surface area contributed by atoms with E-state index in [1.807, 2.05) is 0 Å². The Labute approximate surface area is 74.6 Å². The quantitative estimate of drug-likeness (QED) is 0.524. The fourth-order valence-electron chi connectivity index (χ4n) is 1.35. The number of hydrogen-bond donors (Lipinski definition) is 0. The second kappa shape index (κ2) is 8.28. The maximum absolute atomic E-state index is 2.60. The van der Waals surface area contributed by atoms with Gasteiger partial charge in [-0.15, -0.1) is 0 Å². The standard InChI is InChI=1S/C9H23NSi/c1-3-6-10(7-4-2)8-5-9-11/h3-9H2,1-2,11H3. The minimum Gasteiger partial charge on any atom is -0.303 e. The lowest BCUT2D eigenvalue weighted by molar-refractivity contribution is 0.275. The van der Waals surface area contributed by atoms with E-state index in [9.17, 15) is 0 Å². The monoisotopic (exact) mass is 173 g/mol. The Kier molecular flexibility index (Phi) is 8.41. The van der Waals surface area contributed by atoms with Crippen molar-refractivity contribution in [3.8, 4) is 0 Å². The van der Waals surface area contributed by atoms with Gasteiger partial charge < -0.3 is 4.90 Å². The molecule has 0 N–H and O–H groups in total. The molecule has 0 unspecified atom stereocenters. The van der Waals surface area contributed by atoms with E-state index in [1.54, 1.807) is 0 Å². The third kappa shape index (κ3) is 6.57. The van der Waals surface area contributed by atoms with Crippen molar-refractivity contribution in [1.29, 1.82) is 0 Å². The van der Waals surface area contributed by atoms with Crippen molar-refractivity contribution in [2.24, 2.45) is 0 Å². The average molecular weight is 173 g/mol. The Morgan fingerprint density at radius 1 is 1.00 bits per heavy atom. The second-order valence-corrected chi connectivity index (χ2v) is 4.20. The van der Waals surface area contributed by atoms with E-state index in [1.165, 1.54) is 55.2 Å². The van der Waals surface area contributed by atoms with E-state index >= 15 is 0 Å². The summed E-state index contributed by atoms with van der Waals surface area (Å²) in [4.78, 5) is 2.60. The Morgan fingerprint density at radius 3 is 1.91 bits per heavy atom. The summed E-state index contributed by atoms with van der Waals surface area (Å²) >= 11 is 0. The summed E-state index contributed by atoms with van der Waals surface area (Å²) in [7, 11) is 1.38. The van der Waals surface area contributed by atoms with Crippen LogP contribution in [0.15, 0.2) is 0 Å². The van der Waals surface area contributed by atoms with Crippen molar-refractivity contribution in [2.45, 2.75) is 39.2 Å². The van der Waals surface area contributed by atoms with Crippen LogP contribution >= 0.6 is 0 Å². The molecular formula is C9H23NSi. The van der Waals surface area contributed by atoms with Gasteiger partial charge in [-0.1, -0.05) is 19.9 Å². The van der Waals surface area contributed by atoms with Crippen LogP contribution in [0.1, 0.15) is 33.1 Å². The summed E-state index contributed by atoms with van der Waals surface area (Å²) in [5, 5.41) is 0. The summed E-state index contributed by atoms with van der Waals surface area (Å²) in [6, 6.07) is 1.46. The maximum Gasteiger partial charge on any atom is 0.00286 e. The Morgan fingerprint density at radius 2 is 1.55 bits per heavy atom. The molecule has 0 aromatic carbocycles. The summed E-state index contributed by atoms with van der Waals surface area (Å²) in [6.45, 7) is 8.47. The van der Waals surface area contributed by atoms with Crippen molar-refractivity contribution in [3.05, 3.63) is 0 Å². The van der Waals surface area contributed by atoms with Crippen LogP contribution < -0.4 is 0 Å². The van der Waals surface area contributed by atoms with Gasteiger partial charge in [0.25, 0.3) is 0 Å². The van der Waals surface area contributed by atoms with Crippen LogP contribution in [0.5, 0.6) is 0 Å². The number of rotatable bonds is 7. The lowest BCUT2D eigenvalue weighted by Gasteiger charge is -2.20. The molecule has 0 aliphatic heterocycles. The van der Waals surface area contributed by atoms with Gasteiger partial charge in [0.05, 0.1) is 0 Å². The topological polar surface area (TPSA) is 3.24 Å². The largest absolute Gasteiger partial charge is 0.303 e. The van der Waals surface area contributed by atoms with Crippen LogP contribution in [0.25, 0.3) is 0 Å². The van der Waals surface area contributed by atoms with Gasteiger partial charge in [0, 0.05) is 10.2 Å². The van der Waals surface area contributed by atoms with Crippen molar-refractivity contribution < 1.29 is 0 Å². The highest BCUT2D eigenvalue weighted by molar-refractivity contribution is 6.08. The van der Waals surface area contributed by atoms with Crippen LogP contribution in [0.3, 0.4) is 0 Å². The molecule has 0 bridgehead atoms. The molecule has 0 saturated heterocycles. The van der Waals surface area contributed by atoms with Crippen molar-refractivity contribution in [2.75, 3.05) is 19.6 Å². The highest BCUT2D eigenvalue weighted by atomic mass is 28.1. The zero-order valence-corrected chi connectivity index (χ0v) is 10.4. The third-order valence-electron chi connectivity index (χ3n) is 1.91. The van der Waals surface area contributed by atoms with E-state index in [-0.39, 0.29) is 0 Å². The summed E-state index contributed by atoms with van der Waals surface area (Å²) < 4.78 is 0. The van der Waals surface area contributed by atoms with Gasteiger partial charge in [0.2, 0.25) is 0 Å². The molecule has 0 saturated carbocycles. The maximum atomic E-state index is 2.60. The molecule has 1 nitrogen and oxygen atoms in total. The van der Waals surface area contributed by atoms with Gasteiger partial charge in [0.1, 0.15) is 0 Å². The van der Waals surface area contributed by atoms with Crippen LogP contribution in [-0.2, 0) is 0 Å². The first-order chi connectivity index (χ1) is 5.35. The van der Waals surface area contributed by atoms with E-state index < -0.39 is 0 Å². The minimum absolute atomic E-state index is 1.30. The molecule has 0 aliphatic rings. The van der Waals surface area contributed by atoms with Gasteiger partial charge in [-0.3, -0.25) is 0 Å². The van der Waals surface area contributed by atoms with Gasteiger partial charge >= 0.3 is 0 Å². The van der Waals surface area contributed by atoms with Crippen LogP contribution in [0.2, 0.25) is 6.04 Å². The molecule has 0 aromatic rings. The summed E-state index contributed by atoms with van der Waals surface area (Å²) in [5.74, 6) is 0. The average Bonchev–Trinajstić information content (AvgIpc) is 2.01. The van der Waals surface area contributed by atoms with Crippen molar-refractivity contribution in [3.63, 3.8) is 0 Å². The molecule has 0 amide bonds. The molecule has 0 rings (SSSR count). The minimum atomic E-state index is 1.30. The number of nitrogens with zero attached hydrogens (tertiary/aromatic N) is 1. The molecule has 0 atom stereocenters. The first-order valence-corrected chi connectivity index (χ1v) is 6.48. The number of hydrogen-bond acceptors (Lipinski definition) is 1. The Balaban J connectivity index is 3.34. The van der Waals surface area contributed by atoms with E-state index in [0.717, 1.165) is 0 Å². The zero-order valence-electron chi connectivity index (χ0n) is 8.40.